The lowest BCUT2D eigenvalue weighted by molar-refractivity contribution is -0.170. The van der Waals surface area contributed by atoms with Crippen LogP contribution in [0.15, 0.2) is 10.7 Å². The maximum Gasteiger partial charge on any atom is 0.411 e. The molecule has 0 amide bonds. The molecule has 0 aliphatic carbocycles. The normalized spacial score (nSPS) is 11.8. The second-order valence-electron chi connectivity index (χ2n) is 3.60. The van der Waals surface area contributed by atoms with Crippen LogP contribution in [0.5, 0.6) is 0 Å². The lowest BCUT2D eigenvalue weighted by Crippen LogP contribution is -2.22. The zero-order valence-corrected chi connectivity index (χ0v) is 11.2. The molecular weight excluding hydrogens is 317 g/mol. The molecule has 0 bridgehead atoms. The van der Waals surface area contributed by atoms with E-state index >= 15 is 0 Å². The minimum Gasteiger partial charge on any atom is -0.364 e. The quantitative estimate of drug-likeness (QED) is 0.754. The van der Waals surface area contributed by atoms with Gasteiger partial charge in [-0.25, -0.2) is 0 Å². The Kier molecular flexibility index (Phi) is 5.33. The maximum atomic E-state index is 11.9. The van der Waals surface area contributed by atoms with Gasteiger partial charge < -0.3 is 4.74 Å². The van der Waals surface area contributed by atoms with Gasteiger partial charge in [0.2, 0.25) is 5.78 Å². The number of Topliss-reactive ketones (excluding diaryl/α,β-unsaturated/α-hetero) is 1. The van der Waals surface area contributed by atoms with E-state index in [1.165, 1.54) is 10.9 Å². The Hall–Kier alpha value is -0.890. The first-order chi connectivity index (χ1) is 8.35. The largest absolute Gasteiger partial charge is 0.411 e. The van der Waals surface area contributed by atoms with E-state index < -0.39 is 25.2 Å². The first-order valence-corrected chi connectivity index (χ1v) is 6.03. The standard InChI is InChI=1S/C10H12BrF3N2O2/c1-2-3-16-9(7(11)4-15-16)8(17)5-18-6-10(12,13)14/h4H,2-3,5-6H2,1H3. The number of hydrogen-bond donors (Lipinski definition) is 0. The van der Waals surface area contributed by atoms with Crippen molar-refractivity contribution < 1.29 is 22.7 Å². The lowest BCUT2D eigenvalue weighted by atomic mass is 10.3. The van der Waals surface area contributed by atoms with Gasteiger partial charge in [-0.05, 0) is 22.4 Å². The molecule has 0 fully saturated rings. The summed E-state index contributed by atoms with van der Waals surface area (Å²) in [4.78, 5) is 11.7. The Morgan fingerprint density at radius 2 is 2.22 bits per heavy atom. The number of ketones is 1. The smallest absolute Gasteiger partial charge is 0.364 e. The molecule has 0 spiro atoms. The van der Waals surface area contributed by atoms with Gasteiger partial charge in [0.1, 0.15) is 18.9 Å². The number of ether oxygens (including phenoxy) is 1. The van der Waals surface area contributed by atoms with Gasteiger partial charge in [-0.2, -0.15) is 18.3 Å². The highest BCUT2D eigenvalue weighted by molar-refractivity contribution is 9.10. The molecule has 0 N–H and O–H groups in total. The van der Waals surface area contributed by atoms with E-state index in [9.17, 15) is 18.0 Å². The Bertz CT molecular complexity index is 418. The van der Waals surface area contributed by atoms with Crippen LogP contribution < -0.4 is 0 Å². The van der Waals surface area contributed by atoms with Crippen LogP contribution in [0, 0.1) is 0 Å². The monoisotopic (exact) mass is 328 g/mol. The summed E-state index contributed by atoms with van der Waals surface area (Å²) in [6.45, 7) is 0.377. The van der Waals surface area contributed by atoms with Gasteiger partial charge >= 0.3 is 6.18 Å². The van der Waals surface area contributed by atoms with Crippen LogP contribution in [0.1, 0.15) is 23.8 Å². The molecule has 1 rings (SSSR count). The highest BCUT2D eigenvalue weighted by atomic mass is 79.9. The molecule has 0 aliphatic heterocycles. The second-order valence-corrected chi connectivity index (χ2v) is 4.45. The molecule has 0 aliphatic rings. The Labute approximate surface area is 110 Å². The van der Waals surface area contributed by atoms with Crippen molar-refractivity contribution in [1.82, 2.24) is 9.78 Å². The molecule has 0 atom stereocenters. The molecule has 1 heterocycles. The summed E-state index contributed by atoms with van der Waals surface area (Å²) in [5.74, 6) is -0.530. The molecule has 18 heavy (non-hydrogen) atoms. The van der Waals surface area contributed by atoms with Crippen LogP contribution >= 0.6 is 15.9 Å². The van der Waals surface area contributed by atoms with Gasteiger partial charge in [0.25, 0.3) is 0 Å². The molecule has 1 aromatic heterocycles. The second kappa shape index (κ2) is 6.33. The van der Waals surface area contributed by atoms with E-state index in [1.807, 2.05) is 6.92 Å². The van der Waals surface area contributed by atoms with Crippen LogP contribution in [-0.4, -0.2) is 35.0 Å². The van der Waals surface area contributed by atoms with E-state index in [1.54, 1.807) is 0 Å². The van der Waals surface area contributed by atoms with Gasteiger partial charge in [-0.1, -0.05) is 6.92 Å². The van der Waals surface area contributed by atoms with Crippen molar-refractivity contribution in [1.29, 1.82) is 0 Å². The maximum absolute atomic E-state index is 11.9. The lowest BCUT2D eigenvalue weighted by Gasteiger charge is -2.08. The number of aromatic nitrogens is 2. The summed E-state index contributed by atoms with van der Waals surface area (Å²) in [7, 11) is 0. The van der Waals surface area contributed by atoms with Crippen LogP contribution in [0.25, 0.3) is 0 Å². The number of halogens is 4. The average Bonchev–Trinajstić information content (AvgIpc) is 2.58. The van der Waals surface area contributed by atoms with E-state index in [2.05, 4.69) is 25.8 Å². The van der Waals surface area contributed by atoms with E-state index in [0.717, 1.165) is 6.42 Å². The zero-order chi connectivity index (χ0) is 13.8. The van der Waals surface area contributed by atoms with E-state index in [-0.39, 0.29) is 5.69 Å². The number of rotatable bonds is 6. The topological polar surface area (TPSA) is 44.1 Å². The molecule has 8 heteroatoms. The van der Waals surface area contributed by atoms with Crippen molar-refractivity contribution in [2.75, 3.05) is 13.2 Å². The van der Waals surface area contributed by atoms with Crippen LogP contribution in [0.2, 0.25) is 0 Å². The summed E-state index contributed by atoms with van der Waals surface area (Å²) in [5.41, 5.74) is 0.235. The Morgan fingerprint density at radius 3 is 2.78 bits per heavy atom. The van der Waals surface area contributed by atoms with Crippen molar-refractivity contribution >= 4 is 21.7 Å². The van der Waals surface area contributed by atoms with Crippen LogP contribution in [0.3, 0.4) is 0 Å². The number of nitrogens with zero attached hydrogens (tertiary/aromatic N) is 2. The van der Waals surface area contributed by atoms with E-state index in [0.29, 0.717) is 11.0 Å². The van der Waals surface area contributed by atoms with Crippen LogP contribution in [0.4, 0.5) is 13.2 Å². The number of carbonyl (C=O) groups excluding carboxylic acids is 1. The third-order valence-corrected chi connectivity index (χ3v) is 2.57. The third-order valence-electron chi connectivity index (χ3n) is 1.99. The zero-order valence-electron chi connectivity index (χ0n) is 9.63. The van der Waals surface area contributed by atoms with Gasteiger partial charge in [0, 0.05) is 6.54 Å². The fourth-order valence-corrected chi connectivity index (χ4v) is 1.87. The van der Waals surface area contributed by atoms with Gasteiger partial charge in [0.15, 0.2) is 0 Å². The first-order valence-electron chi connectivity index (χ1n) is 5.24. The first kappa shape index (κ1) is 15.2. The average molecular weight is 329 g/mol. The molecule has 0 radical (unpaired) electrons. The van der Waals surface area contributed by atoms with Crippen molar-refractivity contribution in [2.45, 2.75) is 26.1 Å². The molecule has 0 unspecified atom stereocenters. The summed E-state index contributed by atoms with van der Waals surface area (Å²) in [6.07, 6.45) is -2.23. The fourth-order valence-electron chi connectivity index (χ4n) is 1.35. The van der Waals surface area contributed by atoms with E-state index in [4.69, 9.17) is 0 Å². The molecular formula is C10H12BrF3N2O2. The molecule has 102 valence electrons. The van der Waals surface area contributed by atoms with Crippen molar-refractivity contribution in [2.24, 2.45) is 0 Å². The summed E-state index contributed by atoms with van der Waals surface area (Å²) in [6, 6.07) is 0. The fraction of sp³-hybridized carbons (Fsp3) is 0.600. The number of alkyl halides is 3. The van der Waals surface area contributed by atoms with Crippen molar-refractivity contribution in [3.63, 3.8) is 0 Å². The highest BCUT2D eigenvalue weighted by Gasteiger charge is 2.28. The predicted octanol–water partition coefficient (Wildman–Crippen LogP) is 2.82. The highest BCUT2D eigenvalue weighted by Crippen LogP contribution is 2.18. The third kappa shape index (κ3) is 4.41. The molecule has 1 aromatic rings. The summed E-state index contributed by atoms with van der Waals surface area (Å²) >= 11 is 3.14. The van der Waals surface area contributed by atoms with Crippen molar-refractivity contribution in [3.05, 3.63) is 16.4 Å². The van der Waals surface area contributed by atoms with Crippen LogP contribution in [-0.2, 0) is 11.3 Å². The molecule has 0 aromatic carbocycles. The van der Waals surface area contributed by atoms with Gasteiger partial charge in [0.05, 0.1) is 10.7 Å². The number of aryl methyl sites for hydroxylation is 1. The summed E-state index contributed by atoms with van der Waals surface area (Å²) in [5, 5.41) is 3.95. The van der Waals surface area contributed by atoms with Crippen molar-refractivity contribution in [3.8, 4) is 0 Å². The van der Waals surface area contributed by atoms with Gasteiger partial charge in [-0.3, -0.25) is 9.48 Å². The molecule has 0 saturated heterocycles. The Morgan fingerprint density at radius 1 is 1.56 bits per heavy atom. The molecule has 0 saturated carbocycles. The number of carbonyl (C=O) groups is 1. The summed E-state index contributed by atoms with van der Waals surface area (Å²) < 4.78 is 41.8. The minimum absolute atomic E-state index is 0.235. The Balaban J connectivity index is 2.63. The predicted molar refractivity (Wildman–Crippen MR) is 61.4 cm³/mol. The van der Waals surface area contributed by atoms with Gasteiger partial charge in [-0.15, -0.1) is 0 Å². The number of hydrogen-bond acceptors (Lipinski definition) is 3. The SMILES string of the molecule is CCCn1ncc(Br)c1C(=O)COCC(F)(F)F. The minimum atomic E-state index is -4.43. The molecule has 4 nitrogen and oxygen atoms in total.